The molecule has 0 fully saturated rings. The Bertz CT molecular complexity index is 1160. The number of nitrogens with zero attached hydrogens (tertiary/aromatic N) is 3. The minimum Gasteiger partial charge on any atom is -0.383 e. The summed E-state index contributed by atoms with van der Waals surface area (Å²) in [6, 6.07) is 11.4. The van der Waals surface area contributed by atoms with Gasteiger partial charge in [-0.05, 0) is 43.3 Å². The maximum Gasteiger partial charge on any atom is 0.257 e. The zero-order chi connectivity index (χ0) is 23.8. The summed E-state index contributed by atoms with van der Waals surface area (Å²) in [6.45, 7) is 2.78. The Morgan fingerprint density at radius 3 is 2.30 bits per heavy atom. The molecule has 0 radical (unpaired) electrons. The number of sulfonamides is 1. The van der Waals surface area contributed by atoms with Gasteiger partial charge in [-0.3, -0.25) is 15.1 Å². The van der Waals surface area contributed by atoms with Crippen molar-refractivity contribution < 1.29 is 22.7 Å². The largest absolute Gasteiger partial charge is 0.383 e. The Morgan fingerprint density at radius 1 is 1.06 bits per heavy atom. The number of nitrogens with one attached hydrogen (secondary N) is 1. The first-order valence-corrected chi connectivity index (χ1v) is 12.4. The summed E-state index contributed by atoms with van der Waals surface area (Å²) in [7, 11) is -0.732. The number of hydrogen-bond donors (Lipinski definition) is 1. The van der Waals surface area contributed by atoms with Gasteiger partial charge in [0.25, 0.3) is 5.91 Å². The Kier molecular flexibility index (Phi) is 8.64. The molecule has 11 heteroatoms. The first-order chi connectivity index (χ1) is 15.9. The van der Waals surface area contributed by atoms with Gasteiger partial charge in [0.05, 0.1) is 34.4 Å². The van der Waals surface area contributed by atoms with Crippen molar-refractivity contribution in [3.63, 3.8) is 0 Å². The molecule has 2 heterocycles. The number of hydrogen-bond acceptors (Lipinski definition) is 8. The summed E-state index contributed by atoms with van der Waals surface area (Å²) in [6.07, 6.45) is 1.70. The number of carbonyl (C=O) groups is 1. The van der Waals surface area contributed by atoms with Crippen molar-refractivity contribution in [1.82, 2.24) is 14.3 Å². The van der Waals surface area contributed by atoms with E-state index in [2.05, 4.69) is 15.3 Å². The summed E-state index contributed by atoms with van der Waals surface area (Å²) < 4.78 is 37.3. The molecule has 0 aliphatic carbocycles. The lowest BCUT2D eigenvalue weighted by atomic mass is 10.2. The fraction of sp³-hybridized carbons (Fsp3) is 0.318. The highest BCUT2D eigenvalue weighted by molar-refractivity contribution is 7.89. The van der Waals surface area contributed by atoms with E-state index in [0.717, 1.165) is 16.3 Å². The molecular weight excluding hydrogens is 464 g/mol. The third-order valence-corrected chi connectivity index (χ3v) is 7.77. The zero-order valence-corrected chi connectivity index (χ0v) is 20.3. The van der Waals surface area contributed by atoms with E-state index in [1.807, 2.05) is 25.1 Å². The summed E-state index contributed by atoms with van der Waals surface area (Å²) in [5.41, 5.74) is 1.87. The van der Waals surface area contributed by atoms with Gasteiger partial charge in [0.2, 0.25) is 10.0 Å². The van der Waals surface area contributed by atoms with Crippen LogP contribution in [0.3, 0.4) is 0 Å². The number of carbonyl (C=O) groups excluding carboxylic acids is 1. The molecule has 0 spiro atoms. The average Bonchev–Trinajstić information content (AvgIpc) is 3.19. The van der Waals surface area contributed by atoms with E-state index in [1.165, 1.54) is 54.1 Å². The van der Waals surface area contributed by atoms with Crippen molar-refractivity contribution in [2.45, 2.75) is 11.8 Å². The molecular formula is C22H26N4O5S2. The number of benzene rings is 1. The SMILES string of the molecule is COCCN(CCOC)S(=O)(=O)c1ccc(C(=O)Nc2nc(C)c(-c3ccccn3)s2)cc1. The van der Waals surface area contributed by atoms with E-state index in [9.17, 15) is 13.2 Å². The molecule has 1 amide bonds. The van der Waals surface area contributed by atoms with Gasteiger partial charge in [0, 0.05) is 39.1 Å². The molecule has 0 saturated heterocycles. The molecule has 3 aromatic rings. The van der Waals surface area contributed by atoms with E-state index in [1.54, 1.807) is 6.20 Å². The number of thiazole rings is 1. The van der Waals surface area contributed by atoms with Gasteiger partial charge >= 0.3 is 0 Å². The Hall–Kier alpha value is -2.70. The predicted octanol–water partition coefficient (Wildman–Crippen LogP) is 3.05. The van der Waals surface area contributed by atoms with E-state index in [4.69, 9.17) is 9.47 Å². The molecule has 1 aromatic carbocycles. The van der Waals surface area contributed by atoms with Crippen molar-refractivity contribution in [3.05, 3.63) is 59.9 Å². The van der Waals surface area contributed by atoms with Crippen LogP contribution in [0.2, 0.25) is 0 Å². The predicted molar refractivity (Wildman–Crippen MR) is 127 cm³/mol. The van der Waals surface area contributed by atoms with Crippen LogP contribution in [0.4, 0.5) is 5.13 Å². The van der Waals surface area contributed by atoms with Crippen LogP contribution in [-0.2, 0) is 19.5 Å². The second-order valence-corrected chi connectivity index (χ2v) is 9.95. The number of rotatable bonds is 11. The third kappa shape index (κ3) is 6.21. The Labute approximate surface area is 197 Å². The fourth-order valence-electron chi connectivity index (χ4n) is 3.02. The zero-order valence-electron chi connectivity index (χ0n) is 18.6. The lowest BCUT2D eigenvalue weighted by Crippen LogP contribution is -2.36. The lowest BCUT2D eigenvalue weighted by Gasteiger charge is -2.21. The summed E-state index contributed by atoms with van der Waals surface area (Å²) in [4.78, 5) is 22.4. The minimum atomic E-state index is -3.76. The van der Waals surface area contributed by atoms with E-state index in [-0.39, 0.29) is 37.1 Å². The second-order valence-electron chi connectivity index (χ2n) is 7.02. The van der Waals surface area contributed by atoms with Gasteiger partial charge in [-0.2, -0.15) is 4.31 Å². The minimum absolute atomic E-state index is 0.0915. The van der Waals surface area contributed by atoms with E-state index < -0.39 is 10.0 Å². The number of methoxy groups -OCH3 is 2. The monoisotopic (exact) mass is 490 g/mol. The number of amides is 1. The number of anilines is 1. The highest BCUT2D eigenvalue weighted by Crippen LogP contribution is 2.31. The number of pyridine rings is 1. The molecule has 0 aliphatic heterocycles. The molecule has 3 rings (SSSR count). The van der Waals surface area contributed by atoms with Crippen LogP contribution < -0.4 is 5.32 Å². The van der Waals surface area contributed by atoms with Crippen LogP contribution in [0.25, 0.3) is 10.6 Å². The molecule has 0 aliphatic rings. The average molecular weight is 491 g/mol. The van der Waals surface area contributed by atoms with Gasteiger partial charge in [0.1, 0.15) is 0 Å². The first kappa shape index (κ1) is 24.9. The number of aromatic nitrogens is 2. The number of aryl methyl sites for hydroxylation is 1. The van der Waals surface area contributed by atoms with Crippen LogP contribution in [0, 0.1) is 6.92 Å². The highest BCUT2D eigenvalue weighted by Gasteiger charge is 2.24. The summed E-state index contributed by atoms with van der Waals surface area (Å²) in [5, 5.41) is 3.22. The molecule has 0 saturated carbocycles. The molecule has 0 atom stereocenters. The molecule has 9 nitrogen and oxygen atoms in total. The maximum absolute atomic E-state index is 13.0. The van der Waals surface area contributed by atoms with Gasteiger partial charge in [-0.25, -0.2) is 13.4 Å². The fourth-order valence-corrected chi connectivity index (χ4v) is 5.37. The summed E-state index contributed by atoms with van der Waals surface area (Å²) in [5.74, 6) is -0.379. The highest BCUT2D eigenvalue weighted by atomic mass is 32.2. The van der Waals surface area contributed by atoms with Crippen molar-refractivity contribution in [1.29, 1.82) is 0 Å². The maximum atomic E-state index is 13.0. The Morgan fingerprint density at radius 2 is 1.73 bits per heavy atom. The molecule has 176 valence electrons. The molecule has 2 aromatic heterocycles. The third-order valence-electron chi connectivity index (χ3n) is 4.76. The van der Waals surface area contributed by atoms with Crippen LogP contribution >= 0.6 is 11.3 Å². The second kappa shape index (κ2) is 11.4. The summed E-state index contributed by atoms with van der Waals surface area (Å²) >= 11 is 1.33. The smallest absolute Gasteiger partial charge is 0.257 e. The van der Waals surface area contributed by atoms with Crippen LogP contribution in [0.1, 0.15) is 16.1 Å². The van der Waals surface area contributed by atoms with Gasteiger partial charge in [-0.15, -0.1) is 0 Å². The normalized spacial score (nSPS) is 11.6. The van der Waals surface area contributed by atoms with E-state index in [0.29, 0.717) is 10.7 Å². The molecule has 33 heavy (non-hydrogen) atoms. The Balaban J connectivity index is 1.73. The van der Waals surface area contributed by atoms with Crippen molar-refractivity contribution in [3.8, 4) is 10.6 Å². The van der Waals surface area contributed by atoms with Crippen molar-refractivity contribution in [2.75, 3.05) is 45.8 Å². The number of ether oxygens (including phenoxy) is 2. The van der Waals surface area contributed by atoms with Crippen molar-refractivity contribution in [2.24, 2.45) is 0 Å². The lowest BCUT2D eigenvalue weighted by molar-refractivity contribution is 0.102. The van der Waals surface area contributed by atoms with Crippen LogP contribution in [0.15, 0.2) is 53.6 Å². The molecule has 0 unspecified atom stereocenters. The standard InChI is InChI=1S/C22H26N4O5S2/c1-16-20(19-6-4-5-11-23-19)32-22(24-16)25-21(27)17-7-9-18(10-8-17)33(28,29)26(12-14-30-2)13-15-31-3/h4-11H,12-15H2,1-3H3,(H,24,25,27). The van der Waals surface area contributed by atoms with Gasteiger partial charge < -0.3 is 9.47 Å². The quantitative estimate of drug-likeness (QED) is 0.440. The van der Waals surface area contributed by atoms with Gasteiger partial charge in [-0.1, -0.05) is 17.4 Å². The topological polar surface area (TPSA) is 111 Å². The van der Waals surface area contributed by atoms with Crippen LogP contribution in [0.5, 0.6) is 0 Å². The molecule has 0 bridgehead atoms. The van der Waals surface area contributed by atoms with Crippen molar-refractivity contribution >= 4 is 32.4 Å². The van der Waals surface area contributed by atoms with Gasteiger partial charge in [0.15, 0.2) is 5.13 Å². The van der Waals surface area contributed by atoms with Crippen LogP contribution in [-0.4, -0.2) is 69.1 Å². The first-order valence-electron chi connectivity index (χ1n) is 10.1. The van der Waals surface area contributed by atoms with E-state index >= 15 is 0 Å². The molecule has 1 N–H and O–H groups in total.